The molecule has 8 atom stereocenters. The Morgan fingerprint density at radius 1 is 0.593 bits per heavy atom. The Kier molecular flexibility index (Phi) is 32.6. The maximum atomic E-state index is 13.0. The van der Waals surface area contributed by atoms with Crippen LogP contribution >= 0.6 is 7.82 Å². The smallest absolute Gasteiger partial charge is 0.393 e. The lowest BCUT2D eigenvalue weighted by Gasteiger charge is -2.41. The van der Waals surface area contributed by atoms with Gasteiger partial charge >= 0.3 is 7.82 Å². The van der Waals surface area contributed by atoms with E-state index in [2.05, 4.69) is 55.6 Å². The van der Waals surface area contributed by atoms with Gasteiger partial charge in [-0.1, -0.05) is 140 Å². The molecule has 344 valence electrons. The van der Waals surface area contributed by atoms with Gasteiger partial charge in [0.25, 0.3) is 0 Å². The number of rotatable bonds is 36. The van der Waals surface area contributed by atoms with E-state index in [0.717, 1.165) is 64.2 Å². The molecule has 1 saturated carbocycles. The van der Waals surface area contributed by atoms with Gasteiger partial charge in [-0.15, -0.1) is 0 Å². The van der Waals surface area contributed by atoms with Crippen molar-refractivity contribution in [2.45, 2.75) is 223 Å². The van der Waals surface area contributed by atoms with Crippen molar-refractivity contribution in [3.63, 3.8) is 0 Å². The highest BCUT2D eigenvalue weighted by molar-refractivity contribution is 7.47. The van der Waals surface area contributed by atoms with Gasteiger partial charge in [-0.2, -0.15) is 0 Å². The topological polar surface area (TPSA) is 226 Å². The normalized spacial score (nSPS) is 24.0. The highest BCUT2D eigenvalue weighted by atomic mass is 31.2. The number of carbonyl (C=O) groups excluding carboxylic acids is 1. The van der Waals surface area contributed by atoms with Crippen LogP contribution in [0.2, 0.25) is 0 Å². The van der Waals surface area contributed by atoms with E-state index in [1.54, 1.807) is 6.08 Å². The lowest BCUT2D eigenvalue weighted by molar-refractivity contribution is -0.220. The van der Waals surface area contributed by atoms with Crippen LogP contribution in [0.3, 0.4) is 0 Å². The van der Waals surface area contributed by atoms with Crippen molar-refractivity contribution in [2.24, 2.45) is 0 Å². The Labute approximate surface area is 355 Å². The third-order valence-corrected chi connectivity index (χ3v) is 11.6. The molecule has 13 nitrogen and oxygen atoms in total. The summed E-state index contributed by atoms with van der Waals surface area (Å²) in [5.41, 5.74) is 0. The van der Waals surface area contributed by atoms with Crippen molar-refractivity contribution in [3.05, 3.63) is 48.6 Å². The fraction of sp³-hybridized carbons (Fsp3) is 0.800. The van der Waals surface area contributed by atoms with Crippen molar-refractivity contribution in [1.82, 2.24) is 5.32 Å². The predicted molar refractivity (Wildman–Crippen MR) is 233 cm³/mol. The molecule has 0 aromatic carbocycles. The Morgan fingerprint density at radius 2 is 1.00 bits per heavy atom. The number of aliphatic hydroxyl groups is 7. The Hall–Kier alpha value is -1.74. The van der Waals surface area contributed by atoms with Gasteiger partial charge in [-0.25, -0.2) is 4.57 Å². The summed E-state index contributed by atoms with van der Waals surface area (Å²) in [6, 6.07) is -1.27. The van der Waals surface area contributed by atoms with Gasteiger partial charge < -0.3 is 46.0 Å². The molecule has 9 N–H and O–H groups in total. The van der Waals surface area contributed by atoms with Gasteiger partial charge in [0.05, 0.1) is 31.3 Å². The van der Waals surface area contributed by atoms with Crippen LogP contribution in [0.25, 0.3) is 0 Å². The molecule has 1 aliphatic rings. The van der Waals surface area contributed by atoms with Gasteiger partial charge in [0.15, 0.2) is 0 Å². The van der Waals surface area contributed by atoms with Crippen LogP contribution in [-0.4, -0.2) is 108 Å². The second kappa shape index (κ2) is 34.8. The average Bonchev–Trinajstić information content (AvgIpc) is 3.21. The first-order chi connectivity index (χ1) is 28.3. The Bertz CT molecular complexity index is 1200. The minimum Gasteiger partial charge on any atom is -0.393 e. The maximum Gasteiger partial charge on any atom is 0.472 e. The monoisotopic (exact) mass is 860 g/mol. The number of phosphoric ester groups is 1. The maximum absolute atomic E-state index is 13.0. The van der Waals surface area contributed by atoms with Crippen molar-refractivity contribution in [3.8, 4) is 0 Å². The van der Waals surface area contributed by atoms with Crippen LogP contribution in [-0.2, 0) is 18.4 Å². The van der Waals surface area contributed by atoms with Crippen molar-refractivity contribution >= 4 is 13.7 Å². The van der Waals surface area contributed by atoms with E-state index in [-0.39, 0.29) is 6.42 Å². The van der Waals surface area contributed by atoms with Gasteiger partial charge in [0.1, 0.15) is 36.6 Å². The first-order valence-electron chi connectivity index (χ1n) is 22.7. The van der Waals surface area contributed by atoms with Crippen LogP contribution in [0.15, 0.2) is 48.6 Å². The predicted octanol–water partition coefficient (Wildman–Crippen LogP) is 7.14. The molecule has 8 unspecified atom stereocenters. The molecular weight excluding hydrogens is 777 g/mol. The molecule has 0 aromatic rings. The number of amides is 1. The summed E-state index contributed by atoms with van der Waals surface area (Å²) in [6.45, 7) is 3.68. The first kappa shape index (κ1) is 55.3. The van der Waals surface area contributed by atoms with E-state index in [1.165, 1.54) is 70.3 Å². The molecule has 1 aliphatic carbocycles. The van der Waals surface area contributed by atoms with E-state index in [4.69, 9.17) is 9.05 Å². The number of allylic oxidation sites excluding steroid dienone is 7. The molecule has 0 radical (unpaired) electrons. The molecule has 59 heavy (non-hydrogen) atoms. The zero-order valence-electron chi connectivity index (χ0n) is 36.2. The molecule has 0 aromatic heterocycles. The number of hydrogen-bond donors (Lipinski definition) is 9. The number of nitrogens with one attached hydrogen (secondary N) is 1. The minimum absolute atomic E-state index is 0.263. The molecular formula is C45H82NO12P. The molecule has 14 heteroatoms. The number of unbranched alkanes of at least 4 members (excludes halogenated alkanes) is 17. The summed E-state index contributed by atoms with van der Waals surface area (Å²) in [5, 5.41) is 74.3. The summed E-state index contributed by atoms with van der Waals surface area (Å²) in [4.78, 5) is 23.4. The van der Waals surface area contributed by atoms with Crippen LogP contribution in [0.1, 0.15) is 168 Å². The number of carbonyl (C=O) groups is 1. The standard InChI is InChI=1S/C45H82NO12P/c1-3-5-7-9-11-13-15-17-18-19-21-23-25-27-29-31-33-38(48)37(35-57-59(55,56)58-45-43(53)41(51)40(50)42(52)44(45)54)46-39(49)34-36(47)32-30-28-26-24-22-20-16-14-12-10-8-6-4-2/h14,16-18,23,25,31,33,36-38,40-45,47-48,50-54H,3-13,15,19-22,24,26-30,32,34-35H2,1-2H3,(H,46,49)(H,55,56)/b16-14-,18-17+,25-23+,33-31+. The highest BCUT2D eigenvalue weighted by Gasteiger charge is 2.51. The van der Waals surface area contributed by atoms with E-state index in [9.17, 15) is 50.0 Å². The fourth-order valence-corrected chi connectivity index (χ4v) is 7.82. The number of aliphatic hydroxyl groups excluding tert-OH is 7. The summed E-state index contributed by atoms with van der Waals surface area (Å²) >= 11 is 0. The van der Waals surface area contributed by atoms with Gasteiger partial charge in [0, 0.05) is 0 Å². The Morgan fingerprint density at radius 3 is 1.51 bits per heavy atom. The van der Waals surface area contributed by atoms with E-state index >= 15 is 0 Å². The second-order valence-electron chi connectivity index (χ2n) is 16.1. The second-order valence-corrected chi connectivity index (χ2v) is 17.5. The summed E-state index contributed by atoms with van der Waals surface area (Å²) < 4.78 is 22.8. The molecule has 0 aliphatic heterocycles. The lowest BCUT2D eigenvalue weighted by atomic mass is 9.85. The first-order valence-corrected chi connectivity index (χ1v) is 24.2. The van der Waals surface area contributed by atoms with Crippen LogP contribution in [0, 0.1) is 0 Å². The molecule has 1 amide bonds. The van der Waals surface area contributed by atoms with E-state index in [0.29, 0.717) is 19.3 Å². The van der Waals surface area contributed by atoms with Crippen molar-refractivity contribution in [2.75, 3.05) is 6.61 Å². The lowest BCUT2D eigenvalue weighted by Crippen LogP contribution is -2.64. The summed E-state index contributed by atoms with van der Waals surface area (Å²) in [7, 11) is -5.15. The van der Waals surface area contributed by atoms with Crippen molar-refractivity contribution in [1.29, 1.82) is 0 Å². The van der Waals surface area contributed by atoms with E-state index < -0.39 is 75.2 Å². The molecule has 0 heterocycles. The fourth-order valence-electron chi connectivity index (χ4n) is 6.85. The van der Waals surface area contributed by atoms with Crippen LogP contribution < -0.4 is 5.32 Å². The third kappa shape index (κ3) is 27.0. The summed E-state index contributed by atoms with van der Waals surface area (Å²) in [6.07, 6.45) is 26.3. The van der Waals surface area contributed by atoms with E-state index in [1.807, 2.05) is 0 Å². The zero-order valence-corrected chi connectivity index (χ0v) is 37.0. The molecule has 0 spiro atoms. The highest BCUT2D eigenvalue weighted by Crippen LogP contribution is 2.47. The van der Waals surface area contributed by atoms with Gasteiger partial charge in [-0.05, 0) is 70.6 Å². The molecule has 0 saturated heterocycles. The SMILES string of the molecule is CCCCCC/C=C\CCCCCCCC(O)CC(=O)NC(COP(=O)(O)OC1C(O)C(O)C(O)C(O)C1O)C(O)/C=C/CC/C=C/CC/C=C/CCCCCCCC. The van der Waals surface area contributed by atoms with Crippen LogP contribution in [0.4, 0.5) is 0 Å². The van der Waals surface area contributed by atoms with Gasteiger partial charge in [-0.3, -0.25) is 13.8 Å². The van der Waals surface area contributed by atoms with Gasteiger partial charge in [0.2, 0.25) is 5.91 Å². The number of hydrogen-bond acceptors (Lipinski definition) is 11. The molecule has 1 fully saturated rings. The summed E-state index contributed by atoms with van der Waals surface area (Å²) in [5.74, 6) is -0.615. The number of phosphoric acid groups is 1. The molecule has 0 bridgehead atoms. The zero-order chi connectivity index (χ0) is 43.7. The minimum atomic E-state index is -5.15. The average molecular weight is 860 g/mol. The van der Waals surface area contributed by atoms with Crippen LogP contribution in [0.5, 0.6) is 0 Å². The largest absolute Gasteiger partial charge is 0.472 e. The van der Waals surface area contributed by atoms with Crippen molar-refractivity contribution < 1.29 is 59.0 Å². The quantitative estimate of drug-likeness (QED) is 0.0174. The molecule has 1 rings (SSSR count). The Balaban J connectivity index is 2.63. The third-order valence-electron chi connectivity index (χ3n) is 10.6.